The Morgan fingerprint density at radius 1 is 1.22 bits per heavy atom. The average molecular weight is 520 g/mol. The number of ether oxygens (including phenoxy) is 2. The molecule has 1 saturated carbocycles. The largest absolute Gasteiger partial charge is 0.433 e. The molecule has 4 rings (SSSR count). The van der Waals surface area contributed by atoms with Crippen molar-refractivity contribution in [2.24, 2.45) is 11.3 Å². The van der Waals surface area contributed by atoms with Gasteiger partial charge in [0.15, 0.2) is 0 Å². The molecule has 3 fully saturated rings. The number of fused-ring (bicyclic) bond motifs is 2. The molecule has 0 spiro atoms. The predicted octanol–water partition coefficient (Wildman–Crippen LogP) is 2.66. The van der Waals surface area contributed by atoms with Gasteiger partial charge in [-0.1, -0.05) is 44.5 Å². The third-order valence-electron chi connectivity index (χ3n) is 7.24. The van der Waals surface area contributed by atoms with E-state index >= 15 is 0 Å². The van der Waals surface area contributed by atoms with E-state index in [0.717, 1.165) is 19.3 Å². The summed E-state index contributed by atoms with van der Waals surface area (Å²) in [6.45, 7) is 7.74. The highest BCUT2D eigenvalue weighted by molar-refractivity contribution is 6.33. The predicted molar refractivity (Wildman–Crippen MR) is 132 cm³/mol. The fourth-order valence-electron chi connectivity index (χ4n) is 5.53. The Kier molecular flexibility index (Phi) is 7.61. The number of hydrogen-bond donors (Lipinski definition) is 2. The molecule has 0 unspecified atom stereocenters. The second-order valence-electron chi connectivity index (χ2n) is 10.8. The van der Waals surface area contributed by atoms with Gasteiger partial charge >= 0.3 is 5.97 Å². The van der Waals surface area contributed by atoms with E-state index in [2.05, 4.69) is 10.6 Å². The fraction of sp³-hybridized carbons (Fsp3) is 0.615. The lowest BCUT2D eigenvalue weighted by molar-refractivity contribution is -0.165. The summed E-state index contributed by atoms with van der Waals surface area (Å²) in [7, 11) is 0. The van der Waals surface area contributed by atoms with Gasteiger partial charge in [0, 0.05) is 12.6 Å². The monoisotopic (exact) mass is 519 g/mol. The quantitative estimate of drug-likeness (QED) is 0.535. The van der Waals surface area contributed by atoms with Gasteiger partial charge in [-0.2, -0.15) is 0 Å². The summed E-state index contributed by atoms with van der Waals surface area (Å²) in [6, 6.07) is 4.42. The van der Waals surface area contributed by atoms with E-state index in [0.29, 0.717) is 11.6 Å². The first kappa shape index (κ1) is 26.4. The first-order valence-corrected chi connectivity index (χ1v) is 12.9. The standard InChI is InChI=1S/C26H34ClN3O6/c1-5-35-25-18(13-19(31)36-25)28-23(33)20-14-10-11-15(12-14)30(20)24(34)21(26(2,3)4)29-22(32)16-8-6-7-9-17(16)27/h6-9,14-15,18,20-21,25H,5,10-13H2,1-4H3,(H,28,33)(H,29,32)/t14-,15+,18-,20+,21-,25+/m1/s1. The summed E-state index contributed by atoms with van der Waals surface area (Å²) >= 11 is 6.21. The third-order valence-corrected chi connectivity index (χ3v) is 7.57. The van der Waals surface area contributed by atoms with Crippen LogP contribution in [0.1, 0.15) is 63.7 Å². The Morgan fingerprint density at radius 3 is 2.61 bits per heavy atom. The molecular formula is C26H34ClN3O6. The molecule has 9 nitrogen and oxygen atoms in total. The van der Waals surface area contributed by atoms with Crippen molar-refractivity contribution in [3.8, 4) is 0 Å². The number of halogens is 1. The second kappa shape index (κ2) is 10.4. The van der Waals surface area contributed by atoms with E-state index in [1.165, 1.54) is 0 Å². The van der Waals surface area contributed by atoms with Crippen LogP contribution in [0.3, 0.4) is 0 Å². The van der Waals surface area contributed by atoms with Gasteiger partial charge in [-0.15, -0.1) is 0 Å². The van der Waals surface area contributed by atoms with Crippen LogP contribution in [0.4, 0.5) is 0 Å². The number of rotatable bonds is 7. The molecule has 196 valence electrons. The van der Waals surface area contributed by atoms with Gasteiger partial charge in [0.2, 0.25) is 18.1 Å². The number of esters is 1. The van der Waals surface area contributed by atoms with Gasteiger partial charge in [0.1, 0.15) is 18.1 Å². The van der Waals surface area contributed by atoms with Gasteiger partial charge in [-0.25, -0.2) is 0 Å². The molecule has 2 bridgehead atoms. The molecule has 1 aromatic carbocycles. The second-order valence-corrected chi connectivity index (χ2v) is 11.2. The zero-order valence-electron chi connectivity index (χ0n) is 21.1. The number of carbonyl (C=O) groups is 4. The average Bonchev–Trinajstić information content (AvgIpc) is 3.51. The lowest BCUT2D eigenvalue weighted by Crippen LogP contribution is -2.62. The molecule has 6 atom stereocenters. The zero-order valence-corrected chi connectivity index (χ0v) is 21.8. The minimum Gasteiger partial charge on any atom is -0.433 e. The summed E-state index contributed by atoms with van der Waals surface area (Å²) in [5.74, 6) is -1.48. The molecular weight excluding hydrogens is 486 g/mol. The SMILES string of the molecule is CCO[C@H]1OC(=O)C[C@H]1NC(=O)[C@@H]1[C@@H]2CC[C@@H](C2)N1C(=O)[C@@H](NC(=O)c1ccccc1Cl)C(C)(C)C. The van der Waals surface area contributed by atoms with Gasteiger partial charge in [-0.3, -0.25) is 19.2 Å². The highest BCUT2D eigenvalue weighted by atomic mass is 35.5. The molecule has 2 saturated heterocycles. The Bertz CT molecular complexity index is 1040. The number of benzene rings is 1. The Morgan fingerprint density at radius 2 is 1.94 bits per heavy atom. The van der Waals surface area contributed by atoms with Crippen molar-refractivity contribution in [2.45, 2.75) is 83.8 Å². The molecule has 1 aliphatic carbocycles. The topological polar surface area (TPSA) is 114 Å². The number of amides is 3. The van der Waals surface area contributed by atoms with Gasteiger partial charge in [-0.05, 0) is 49.7 Å². The molecule has 36 heavy (non-hydrogen) atoms. The number of hydrogen-bond acceptors (Lipinski definition) is 6. The highest BCUT2D eigenvalue weighted by Gasteiger charge is 2.54. The van der Waals surface area contributed by atoms with Crippen LogP contribution in [0.5, 0.6) is 0 Å². The van der Waals surface area contributed by atoms with Gasteiger partial charge in [0.05, 0.1) is 17.0 Å². The fourth-order valence-corrected chi connectivity index (χ4v) is 5.75. The third kappa shape index (κ3) is 5.22. The van der Waals surface area contributed by atoms with Crippen LogP contribution in [0.2, 0.25) is 5.02 Å². The van der Waals surface area contributed by atoms with Crippen LogP contribution in [-0.2, 0) is 23.9 Å². The van der Waals surface area contributed by atoms with Crippen LogP contribution < -0.4 is 10.6 Å². The maximum absolute atomic E-state index is 14.0. The molecule has 2 N–H and O–H groups in total. The van der Waals surface area contributed by atoms with Crippen molar-refractivity contribution in [1.82, 2.24) is 15.5 Å². The van der Waals surface area contributed by atoms with E-state index in [1.54, 1.807) is 36.1 Å². The maximum atomic E-state index is 14.0. The van der Waals surface area contributed by atoms with Crippen molar-refractivity contribution in [3.05, 3.63) is 34.9 Å². The number of carbonyl (C=O) groups excluding carboxylic acids is 4. The van der Waals surface area contributed by atoms with Crippen molar-refractivity contribution in [3.63, 3.8) is 0 Å². The van der Waals surface area contributed by atoms with E-state index in [4.69, 9.17) is 21.1 Å². The number of piperidine rings is 1. The van der Waals surface area contributed by atoms with Crippen molar-refractivity contribution < 1.29 is 28.7 Å². The highest BCUT2D eigenvalue weighted by Crippen LogP contribution is 2.44. The maximum Gasteiger partial charge on any atom is 0.310 e. The lowest BCUT2D eigenvalue weighted by atomic mass is 9.84. The molecule has 2 heterocycles. The van der Waals surface area contributed by atoms with E-state index in [9.17, 15) is 19.2 Å². The Hall–Kier alpha value is -2.65. The number of nitrogens with one attached hydrogen (secondary N) is 2. The minimum atomic E-state index is -0.872. The summed E-state index contributed by atoms with van der Waals surface area (Å²) in [4.78, 5) is 54.0. The van der Waals surface area contributed by atoms with Gasteiger partial charge in [0.25, 0.3) is 5.91 Å². The molecule has 2 aliphatic heterocycles. The van der Waals surface area contributed by atoms with Gasteiger partial charge < -0.3 is 25.0 Å². The van der Waals surface area contributed by atoms with Crippen LogP contribution >= 0.6 is 11.6 Å². The summed E-state index contributed by atoms with van der Waals surface area (Å²) in [6.07, 6.45) is 1.56. The molecule has 1 aromatic rings. The van der Waals surface area contributed by atoms with Crippen molar-refractivity contribution in [1.29, 1.82) is 0 Å². The molecule has 0 radical (unpaired) electrons. The van der Waals surface area contributed by atoms with Crippen molar-refractivity contribution in [2.75, 3.05) is 6.61 Å². The van der Waals surface area contributed by atoms with Crippen LogP contribution in [0.25, 0.3) is 0 Å². The van der Waals surface area contributed by atoms with E-state index in [-0.39, 0.29) is 35.8 Å². The van der Waals surface area contributed by atoms with Crippen LogP contribution in [0.15, 0.2) is 24.3 Å². The summed E-state index contributed by atoms with van der Waals surface area (Å²) < 4.78 is 10.6. The first-order chi connectivity index (χ1) is 17.0. The zero-order chi connectivity index (χ0) is 26.2. The van der Waals surface area contributed by atoms with Crippen molar-refractivity contribution >= 4 is 35.3 Å². The molecule has 0 aromatic heterocycles. The number of nitrogens with zero attached hydrogens (tertiary/aromatic N) is 1. The first-order valence-electron chi connectivity index (χ1n) is 12.5. The molecule has 10 heteroatoms. The molecule has 3 amide bonds. The van der Waals surface area contributed by atoms with E-state index < -0.39 is 41.7 Å². The minimum absolute atomic E-state index is 0.0161. The smallest absolute Gasteiger partial charge is 0.310 e. The lowest BCUT2D eigenvalue weighted by Gasteiger charge is -2.40. The summed E-state index contributed by atoms with van der Waals surface area (Å²) in [5, 5.41) is 6.08. The Balaban J connectivity index is 1.55. The Labute approximate surface area is 216 Å². The van der Waals surface area contributed by atoms with Crippen LogP contribution in [-0.4, -0.2) is 65.7 Å². The number of likely N-dealkylation sites (tertiary alicyclic amines) is 1. The normalized spacial score (nSPS) is 28.1. The number of cyclic esters (lactones) is 1. The van der Waals surface area contributed by atoms with Crippen LogP contribution in [0, 0.1) is 11.3 Å². The van der Waals surface area contributed by atoms with E-state index in [1.807, 2.05) is 20.8 Å². The summed E-state index contributed by atoms with van der Waals surface area (Å²) in [5.41, 5.74) is -0.339. The molecule has 3 aliphatic rings.